The number of benzene rings is 2. The third-order valence-corrected chi connectivity index (χ3v) is 2.76. The first-order chi connectivity index (χ1) is 10.2. The highest BCUT2D eigenvalue weighted by Gasteiger charge is 2.30. The van der Waals surface area contributed by atoms with Gasteiger partial charge in [-0.05, 0) is 36.4 Å². The van der Waals surface area contributed by atoms with Gasteiger partial charge in [0.2, 0.25) is 0 Å². The number of nitrogens with one attached hydrogen (secondary N) is 1. The van der Waals surface area contributed by atoms with Crippen LogP contribution in [-0.4, -0.2) is 5.91 Å². The van der Waals surface area contributed by atoms with E-state index in [-0.39, 0.29) is 5.56 Å². The fraction of sp³-hybridized carbons (Fsp3) is 0.0714. The molecule has 2 aromatic rings. The Morgan fingerprint density at radius 3 is 2.00 bits per heavy atom. The van der Waals surface area contributed by atoms with Gasteiger partial charge in [-0.25, -0.2) is 13.2 Å². The molecule has 0 unspecified atom stereocenters. The number of anilines is 1. The van der Waals surface area contributed by atoms with Crippen LogP contribution in [0.3, 0.4) is 0 Å². The van der Waals surface area contributed by atoms with Crippen molar-refractivity contribution < 1.29 is 31.1 Å². The average Bonchev–Trinajstić information content (AvgIpc) is 2.47. The third kappa shape index (κ3) is 3.21. The fourth-order valence-electron chi connectivity index (χ4n) is 1.63. The summed E-state index contributed by atoms with van der Waals surface area (Å²) < 4.78 is 76.3. The van der Waals surface area contributed by atoms with Gasteiger partial charge in [0.1, 0.15) is 0 Å². The predicted octanol–water partition coefficient (Wildman–Crippen LogP) is 4.38. The lowest BCUT2D eigenvalue weighted by Crippen LogP contribution is -2.14. The number of carbonyl (C=O) groups is 1. The SMILES string of the molecule is O=C(Nc1ccc(F)c(F)c1F)c1ccc(C(F)(F)F)cc1. The van der Waals surface area contributed by atoms with E-state index in [0.717, 1.165) is 18.2 Å². The van der Waals surface area contributed by atoms with E-state index in [0.29, 0.717) is 18.2 Å². The van der Waals surface area contributed by atoms with Crippen LogP contribution in [0, 0.1) is 17.5 Å². The van der Waals surface area contributed by atoms with Gasteiger partial charge in [0.15, 0.2) is 17.5 Å². The van der Waals surface area contributed by atoms with E-state index in [2.05, 4.69) is 0 Å². The lowest BCUT2D eigenvalue weighted by Gasteiger charge is -2.09. The molecule has 0 fully saturated rings. The van der Waals surface area contributed by atoms with Crippen molar-refractivity contribution in [3.05, 3.63) is 65.0 Å². The summed E-state index contributed by atoms with van der Waals surface area (Å²) in [6.07, 6.45) is -4.55. The second-order valence-corrected chi connectivity index (χ2v) is 4.25. The van der Waals surface area contributed by atoms with E-state index in [1.807, 2.05) is 5.32 Å². The van der Waals surface area contributed by atoms with Crippen LogP contribution in [0.4, 0.5) is 32.0 Å². The molecule has 0 aliphatic carbocycles. The molecule has 22 heavy (non-hydrogen) atoms. The maximum atomic E-state index is 13.4. The molecule has 0 aliphatic heterocycles. The van der Waals surface area contributed by atoms with Gasteiger partial charge in [0.25, 0.3) is 5.91 Å². The van der Waals surface area contributed by atoms with Crippen LogP contribution in [0.15, 0.2) is 36.4 Å². The van der Waals surface area contributed by atoms with Crippen molar-refractivity contribution in [3.8, 4) is 0 Å². The summed E-state index contributed by atoms with van der Waals surface area (Å²) in [4.78, 5) is 11.7. The van der Waals surface area contributed by atoms with Crippen LogP contribution in [0.2, 0.25) is 0 Å². The van der Waals surface area contributed by atoms with Crippen molar-refractivity contribution in [1.82, 2.24) is 0 Å². The minimum atomic E-state index is -4.55. The highest BCUT2D eigenvalue weighted by Crippen LogP contribution is 2.29. The van der Waals surface area contributed by atoms with Gasteiger partial charge >= 0.3 is 6.18 Å². The molecule has 0 spiro atoms. The van der Waals surface area contributed by atoms with Crippen LogP contribution in [-0.2, 0) is 6.18 Å². The zero-order valence-corrected chi connectivity index (χ0v) is 10.6. The lowest BCUT2D eigenvalue weighted by atomic mass is 10.1. The molecule has 0 saturated carbocycles. The second-order valence-electron chi connectivity index (χ2n) is 4.25. The van der Waals surface area contributed by atoms with Crippen molar-refractivity contribution in [3.63, 3.8) is 0 Å². The van der Waals surface area contributed by atoms with Gasteiger partial charge in [-0.3, -0.25) is 4.79 Å². The molecule has 1 N–H and O–H groups in total. The van der Waals surface area contributed by atoms with Crippen LogP contribution >= 0.6 is 0 Å². The van der Waals surface area contributed by atoms with Crippen molar-refractivity contribution in [2.75, 3.05) is 5.32 Å². The molecule has 116 valence electrons. The molecular formula is C14H7F6NO. The van der Waals surface area contributed by atoms with Crippen molar-refractivity contribution in [2.24, 2.45) is 0 Å². The van der Waals surface area contributed by atoms with E-state index >= 15 is 0 Å². The Morgan fingerprint density at radius 1 is 0.864 bits per heavy atom. The third-order valence-electron chi connectivity index (χ3n) is 2.76. The predicted molar refractivity (Wildman–Crippen MR) is 65.7 cm³/mol. The number of halogens is 6. The Morgan fingerprint density at radius 2 is 1.45 bits per heavy atom. The van der Waals surface area contributed by atoms with Gasteiger partial charge < -0.3 is 5.32 Å². The Hall–Kier alpha value is -2.51. The molecule has 2 rings (SSSR count). The van der Waals surface area contributed by atoms with Crippen LogP contribution < -0.4 is 5.32 Å². The van der Waals surface area contributed by atoms with Crippen molar-refractivity contribution >= 4 is 11.6 Å². The maximum Gasteiger partial charge on any atom is 0.416 e. The van der Waals surface area contributed by atoms with Crippen LogP contribution in [0.5, 0.6) is 0 Å². The monoisotopic (exact) mass is 319 g/mol. The summed E-state index contributed by atoms with van der Waals surface area (Å²) >= 11 is 0. The van der Waals surface area contributed by atoms with Crippen molar-refractivity contribution in [1.29, 1.82) is 0 Å². The largest absolute Gasteiger partial charge is 0.416 e. The minimum absolute atomic E-state index is 0.197. The summed E-state index contributed by atoms with van der Waals surface area (Å²) in [5.74, 6) is -5.74. The molecule has 2 nitrogen and oxygen atoms in total. The van der Waals surface area contributed by atoms with E-state index in [1.54, 1.807) is 0 Å². The second kappa shape index (κ2) is 5.70. The van der Waals surface area contributed by atoms with Gasteiger partial charge in [-0.1, -0.05) is 0 Å². The minimum Gasteiger partial charge on any atom is -0.319 e. The van der Waals surface area contributed by atoms with E-state index < -0.39 is 40.8 Å². The maximum absolute atomic E-state index is 13.4. The Labute approximate surface area is 120 Å². The molecule has 2 aromatic carbocycles. The number of rotatable bonds is 2. The van der Waals surface area contributed by atoms with Gasteiger partial charge in [-0.2, -0.15) is 13.2 Å². The fourth-order valence-corrected chi connectivity index (χ4v) is 1.63. The molecule has 0 heterocycles. The number of carbonyl (C=O) groups excluding carboxylic acids is 1. The zero-order chi connectivity index (χ0) is 16.5. The zero-order valence-electron chi connectivity index (χ0n) is 10.6. The number of hydrogen-bond acceptors (Lipinski definition) is 1. The van der Waals surface area contributed by atoms with Crippen LogP contribution in [0.1, 0.15) is 15.9 Å². The van der Waals surface area contributed by atoms with Gasteiger partial charge in [0.05, 0.1) is 11.3 Å². The lowest BCUT2D eigenvalue weighted by molar-refractivity contribution is -0.137. The summed E-state index contributed by atoms with van der Waals surface area (Å²) in [5, 5.41) is 1.95. The molecule has 1 amide bonds. The molecule has 0 aliphatic rings. The quantitative estimate of drug-likeness (QED) is 0.646. The first-order valence-electron chi connectivity index (χ1n) is 5.82. The topological polar surface area (TPSA) is 29.1 Å². The normalized spacial score (nSPS) is 11.4. The molecule has 8 heteroatoms. The first-order valence-corrected chi connectivity index (χ1v) is 5.82. The Kier molecular flexibility index (Phi) is 4.11. The van der Waals surface area contributed by atoms with E-state index in [1.165, 1.54) is 0 Å². The number of amides is 1. The standard InChI is InChI=1S/C14H7F6NO/c15-9-5-6-10(12(17)11(9)16)21-13(22)7-1-3-8(4-2-7)14(18,19)20/h1-6H,(H,21,22). The molecule has 0 bridgehead atoms. The van der Waals surface area contributed by atoms with Gasteiger partial charge in [-0.15, -0.1) is 0 Å². The molecule has 0 radical (unpaired) electrons. The number of hydrogen-bond donors (Lipinski definition) is 1. The highest BCUT2D eigenvalue weighted by atomic mass is 19.4. The molecular weight excluding hydrogens is 312 g/mol. The summed E-state index contributed by atoms with van der Waals surface area (Å²) in [6, 6.07) is 4.54. The van der Waals surface area contributed by atoms with Crippen molar-refractivity contribution in [2.45, 2.75) is 6.18 Å². The Bertz CT molecular complexity index is 709. The highest BCUT2D eigenvalue weighted by molar-refractivity contribution is 6.04. The number of alkyl halides is 3. The summed E-state index contributed by atoms with van der Waals surface area (Å²) in [5.41, 5.74) is -1.77. The first kappa shape index (κ1) is 15.9. The Balaban J connectivity index is 2.21. The van der Waals surface area contributed by atoms with Crippen LogP contribution in [0.25, 0.3) is 0 Å². The van der Waals surface area contributed by atoms with E-state index in [9.17, 15) is 31.1 Å². The van der Waals surface area contributed by atoms with E-state index in [4.69, 9.17) is 0 Å². The van der Waals surface area contributed by atoms with Gasteiger partial charge in [0, 0.05) is 5.56 Å². The molecule has 0 atom stereocenters. The molecule has 0 aromatic heterocycles. The summed E-state index contributed by atoms with van der Waals surface area (Å²) in [6.45, 7) is 0. The summed E-state index contributed by atoms with van der Waals surface area (Å²) in [7, 11) is 0. The average molecular weight is 319 g/mol. The molecule has 0 saturated heterocycles. The smallest absolute Gasteiger partial charge is 0.319 e.